The molecule has 0 unspecified atom stereocenters. The van der Waals surface area contributed by atoms with Crippen LogP contribution in [-0.2, 0) is 23.9 Å². The van der Waals surface area contributed by atoms with Crippen molar-refractivity contribution in [3.8, 4) is 0 Å². The van der Waals surface area contributed by atoms with Crippen LogP contribution in [0.25, 0.3) is 0 Å². The second-order valence-electron chi connectivity index (χ2n) is 6.56. The van der Waals surface area contributed by atoms with Gasteiger partial charge in [-0.05, 0) is 30.9 Å². The van der Waals surface area contributed by atoms with Crippen LogP contribution in [-0.4, -0.2) is 30.6 Å². The Labute approximate surface area is 143 Å². The van der Waals surface area contributed by atoms with Crippen LogP contribution in [0.2, 0.25) is 5.02 Å². The molecule has 0 radical (unpaired) electrons. The van der Waals surface area contributed by atoms with Gasteiger partial charge in [0.15, 0.2) is 6.61 Å². The summed E-state index contributed by atoms with van der Waals surface area (Å²) in [5.41, 5.74) is 0.461. The summed E-state index contributed by atoms with van der Waals surface area (Å²) < 4.78 is 10.4. The molecule has 6 nitrogen and oxygen atoms in total. The number of nitrogens with one attached hydrogen (secondary N) is 1. The van der Waals surface area contributed by atoms with Crippen molar-refractivity contribution in [1.82, 2.24) is 0 Å². The maximum Gasteiger partial charge on any atom is 0.310 e. The second kappa shape index (κ2) is 5.77. The first-order valence-corrected chi connectivity index (χ1v) is 8.34. The van der Waals surface area contributed by atoms with Crippen LogP contribution >= 0.6 is 11.6 Å². The normalized spacial score (nSPS) is 32.5. The molecule has 4 rings (SSSR count). The molecular formula is C17H16ClNO5. The van der Waals surface area contributed by atoms with Crippen LogP contribution in [0, 0.1) is 23.7 Å². The first-order valence-electron chi connectivity index (χ1n) is 7.96. The Morgan fingerprint density at radius 3 is 2.88 bits per heavy atom. The second-order valence-corrected chi connectivity index (χ2v) is 6.97. The van der Waals surface area contributed by atoms with Gasteiger partial charge in [-0.2, -0.15) is 0 Å². The van der Waals surface area contributed by atoms with Gasteiger partial charge in [0.1, 0.15) is 6.10 Å². The van der Waals surface area contributed by atoms with E-state index < -0.39 is 30.3 Å². The highest BCUT2D eigenvalue weighted by atomic mass is 35.5. The molecule has 2 aliphatic carbocycles. The van der Waals surface area contributed by atoms with Crippen molar-refractivity contribution >= 4 is 35.1 Å². The van der Waals surface area contributed by atoms with Gasteiger partial charge in [0.05, 0.1) is 22.5 Å². The minimum Gasteiger partial charge on any atom is -0.462 e. The SMILES string of the molecule is O=C(COC(=O)[C@@H]1[C@@H]2C[C@H]3[C@@H]1C(=O)O[C@@H]3C2)Nc1ccccc1Cl. The number of carbonyl (C=O) groups excluding carboxylic acids is 3. The summed E-state index contributed by atoms with van der Waals surface area (Å²) in [5, 5.41) is 3.00. The standard InChI is InChI=1S/C17H16ClNO5/c18-10-3-1-2-4-11(10)19-13(20)7-23-16(21)14-8-5-9-12(6-8)24-17(22)15(9)14/h1-4,8-9,12,14-15H,5-7H2,(H,19,20)/t8-,9-,12-,14-,15+/m1/s1. The van der Waals surface area contributed by atoms with Crippen molar-refractivity contribution in [2.45, 2.75) is 18.9 Å². The molecule has 1 amide bonds. The first kappa shape index (κ1) is 15.4. The molecule has 1 aromatic rings. The van der Waals surface area contributed by atoms with Crippen LogP contribution in [0.5, 0.6) is 0 Å². The molecule has 1 aromatic carbocycles. The van der Waals surface area contributed by atoms with Crippen LogP contribution < -0.4 is 5.32 Å². The summed E-state index contributed by atoms with van der Waals surface area (Å²) in [6.07, 6.45) is 1.52. The van der Waals surface area contributed by atoms with Crippen LogP contribution in [0.1, 0.15) is 12.8 Å². The zero-order chi connectivity index (χ0) is 16.8. The molecule has 1 N–H and O–H groups in total. The average molecular weight is 350 g/mol. The smallest absolute Gasteiger partial charge is 0.310 e. The number of fused-ring (bicyclic) bond motifs is 1. The number of carbonyl (C=O) groups is 3. The van der Waals surface area contributed by atoms with E-state index in [9.17, 15) is 14.4 Å². The lowest BCUT2D eigenvalue weighted by Gasteiger charge is -2.22. The number of benzene rings is 1. The number of anilines is 1. The number of rotatable bonds is 4. The predicted molar refractivity (Wildman–Crippen MR) is 84.1 cm³/mol. The molecule has 7 heteroatoms. The Morgan fingerprint density at radius 2 is 2.08 bits per heavy atom. The van der Waals surface area contributed by atoms with Gasteiger partial charge >= 0.3 is 11.9 Å². The largest absolute Gasteiger partial charge is 0.462 e. The van der Waals surface area contributed by atoms with E-state index in [4.69, 9.17) is 21.1 Å². The summed E-state index contributed by atoms with van der Waals surface area (Å²) in [6.45, 7) is -0.400. The zero-order valence-electron chi connectivity index (χ0n) is 12.7. The number of esters is 2. The molecule has 1 heterocycles. The number of hydrogen-bond donors (Lipinski definition) is 1. The topological polar surface area (TPSA) is 81.7 Å². The summed E-state index contributed by atoms with van der Waals surface area (Å²) in [6, 6.07) is 6.80. The summed E-state index contributed by atoms with van der Waals surface area (Å²) in [5.74, 6) is -1.87. The Kier molecular flexibility index (Phi) is 3.72. The van der Waals surface area contributed by atoms with Gasteiger partial charge in [0.2, 0.25) is 0 Å². The molecule has 3 fully saturated rings. The monoisotopic (exact) mass is 349 g/mol. The first-order chi connectivity index (χ1) is 11.5. The summed E-state index contributed by atoms with van der Waals surface area (Å²) in [7, 11) is 0. The fraction of sp³-hybridized carbons (Fsp3) is 0.471. The zero-order valence-corrected chi connectivity index (χ0v) is 13.5. The summed E-state index contributed by atoms with van der Waals surface area (Å²) in [4.78, 5) is 36.2. The number of amides is 1. The van der Waals surface area contributed by atoms with Crippen molar-refractivity contribution in [2.75, 3.05) is 11.9 Å². The molecule has 2 saturated carbocycles. The molecule has 24 heavy (non-hydrogen) atoms. The molecule has 0 spiro atoms. The van der Waals surface area contributed by atoms with Crippen LogP contribution in [0.3, 0.4) is 0 Å². The van der Waals surface area contributed by atoms with E-state index in [0.717, 1.165) is 12.8 Å². The van der Waals surface area contributed by atoms with Crippen molar-refractivity contribution in [3.05, 3.63) is 29.3 Å². The van der Waals surface area contributed by atoms with Crippen LogP contribution in [0.4, 0.5) is 5.69 Å². The lowest BCUT2D eigenvalue weighted by atomic mass is 9.80. The van der Waals surface area contributed by atoms with Gasteiger partial charge in [0, 0.05) is 5.92 Å². The molecule has 126 valence electrons. The molecule has 5 atom stereocenters. The number of hydrogen-bond acceptors (Lipinski definition) is 5. The Balaban J connectivity index is 1.35. The molecule has 2 bridgehead atoms. The lowest BCUT2D eigenvalue weighted by molar-refractivity contribution is -0.157. The minimum absolute atomic E-state index is 0.0277. The van der Waals surface area contributed by atoms with Crippen LogP contribution in [0.15, 0.2) is 24.3 Å². The highest BCUT2D eigenvalue weighted by Crippen LogP contribution is 2.57. The average Bonchev–Trinajstić information content (AvgIpc) is 3.16. The van der Waals surface area contributed by atoms with Gasteiger partial charge < -0.3 is 14.8 Å². The van der Waals surface area contributed by atoms with E-state index >= 15 is 0 Å². The van der Waals surface area contributed by atoms with Gasteiger partial charge in [-0.15, -0.1) is 0 Å². The fourth-order valence-corrected chi connectivity index (χ4v) is 4.49. The summed E-state index contributed by atoms with van der Waals surface area (Å²) >= 11 is 5.96. The molecule has 1 aliphatic heterocycles. The number of ether oxygens (including phenoxy) is 2. The Morgan fingerprint density at radius 1 is 1.29 bits per heavy atom. The van der Waals surface area contributed by atoms with E-state index in [-0.39, 0.29) is 23.9 Å². The quantitative estimate of drug-likeness (QED) is 0.841. The fourth-order valence-electron chi connectivity index (χ4n) is 4.31. The third kappa shape index (κ3) is 2.45. The van der Waals surface area contributed by atoms with Crippen molar-refractivity contribution in [1.29, 1.82) is 0 Å². The lowest BCUT2D eigenvalue weighted by Crippen LogP contribution is -2.34. The number of para-hydroxylation sites is 1. The van der Waals surface area contributed by atoms with Gasteiger partial charge in [-0.1, -0.05) is 23.7 Å². The van der Waals surface area contributed by atoms with E-state index in [0.29, 0.717) is 10.7 Å². The van der Waals surface area contributed by atoms with Gasteiger partial charge in [-0.3, -0.25) is 14.4 Å². The Hall–Kier alpha value is -2.08. The molecular weight excluding hydrogens is 334 g/mol. The van der Waals surface area contributed by atoms with E-state index in [2.05, 4.69) is 5.32 Å². The third-order valence-corrected chi connectivity index (χ3v) is 5.58. The predicted octanol–water partition coefficient (Wildman–Crippen LogP) is 2.02. The van der Waals surface area contributed by atoms with Crippen molar-refractivity contribution in [2.24, 2.45) is 23.7 Å². The molecule has 1 saturated heterocycles. The number of halogens is 1. The van der Waals surface area contributed by atoms with Crippen molar-refractivity contribution < 1.29 is 23.9 Å². The highest BCUT2D eigenvalue weighted by Gasteiger charge is 2.64. The highest BCUT2D eigenvalue weighted by molar-refractivity contribution is 6.33. The Bertz CT molecular complexity index is 719. The maximum atomic E-state index is 12.4. The maximum absolute atomic E-state index is 12.4. The van der Waals surface area contributed by atoms with Crippen molar-refractivity contribution in [3.63, 3.8) is 0 Å². The third-order valence-electron chi connectivity index (χ3n) is 5.25. The molecule has 0 aromatic heterocycles. The van der Waals surface area contributed by atoms with Gasteiger partial charge in [-0.25, -0.2) is 0 Å². The minimum atomic E-state index is -0.487. The van der Waals surface area contributed by atoms with Gasteiger partial charge in [0.25, 0.3) is 5.91 Å². The van der Waals surface area contributed by atoms with E-state index in [1.807, 2.05) is 0 Å². The molecule has 3 aliphatic rings. The van der Waals surface area contributed by atoms with E-state index in [1.165, 1.54) is 0 Å². The van der Waals surface area contributed by atoms with E-state index in [1.54, 1.807) is 24.3 Å².